The highest BCUT2D eigenvalue weighted by Crippen LogP contribution is 2.46. The molecule has 2 N–H and O–H groups in total. The summed E-state index contributed by atoms with van der Waals surface area (Å²) in [5, 5.41) is 0. The third-order valence-electron chi connectivity index (χ3n) is 3.03. The highest BCUT2D eigenvalue weighted by Gasteiger charge is 2.52. The fraction of sp³-hybridized carbons (Fsp3) is 0.800. The van der Waals surface area contributed by atoms with Crippen LogP contribution in [0.5, 0.6) is 0 Å². The smallest absolute Gasteiger partial charge is 0.255 e. The van der Waals surface area contributed by atoms with Crippen molar-refractivity contribution in [3.63, 3.8) is 0 Å². The molecule has 3 nitrogen and oxygen atoms in total. The highest BCUT2D eigenvalue weighted by molar-refractivity contribution is 7.80. The lowest BCUT2D eigenvalue weighted by atomic mass is 9.61. The van der Waals surface area contributed by atoms with Crippen LogP contribution < -0.4 is 5.73 Å². The minimum atomic E-state index is -2.53. The first kappa shape index (κ1) is 13.3. The lowest BCUT2D eigenvalue weighted by Gasteiger charge is -2.45. The Morgan fingerprint density at radius 1 is 1.62 bits per heavy atom. The average Bonchev–Trinajstić information content (AvgIpc) is 2.09. The van der Waals surface area contributed by atoms with Gasteiger partial charge in [0, 0.05) is 7.05 Å². The van der Waals surface area contributed by atoms with Crippen LogP contribution >= 0.6 is 12.2 Å². The van der Waals surface area contributed by atoms with Gasteiger partial charge in [-0.25, -0.2) is 8.78 Å². The Morgan fingerprint density at radius 2 is 2.12 bits per heavy atom. The third kappa shape index (κ3) is 2.31. The summed E-state index contributed by atoms with van der Waals surface area (Å²) in [6.07, 6.45) is -1.40. The predicted octanol–water partition coefficient (Wildman–Crippen LogP) is 1.41. The molecule has 0 aromatic carbocycles. The molecule has 0 aromatic rings. The molecule has 0 unspecified atom stereocenters. The Labute approximate surface area is 99.0 Å². The average molecular weight is 250 g/mol. The first-order chi connectivity index (χ1) is 7.29. The molecule has 1 aliphatic carbocycles. The zero-order valence-electron chi connectivity index (χ0n) is 9.37. The third-order valence-corrected chi connectivity index (χ3v) is 3.42. The Bertz CT molecular complexity index is 303. The van der Waals surface area contributed by atoms with Crippen molar-refractivity contribution in [3.8, 4) is 0 Å². The van der Waals surface area contributed by atoms with E-state index in [4.69, 9.17) is 18.0 Å². The van der Waals surface area contributed by atoms with Crippen LogP contribution in [0, 0.1) is 11.3 Å². The normalized spacial score (nSPS) is 28.7. The van der Waals surface area contributed by atoms with E-state index in [9.17, 15) is 13.6 Å². The van der Waals surface area contributed by atoms with Crippen molar-refractivity contribution in [1.82, 2.24) is 4.90 Å². The summed E-state index contributed by atoms with van der Waals surface area (Å²) in [4.78, 5) is 13.1. The number of hydrogen-bond acceptors (Lipinski definition) is 2. The van der Waals surface area contributed by atoms with Gasteiger partial charge in [-0.1, -0.05) is 19.1 Å². The summed E-state index contributed by atoms with van der Waals surface area (Å²) < 4.78 is 24.4. The molecule has 1 saturated carbocycles. The molecule has 1 rings (SSSR count). The van der Waals surface area contributed by atoms with Crippen LogP contribution in [0.3, 0.4) is 0 Å². The number of alkyl halides is 2. The van der Waals surface area contributed by atoms with Gasteiger partial charge in [0.05, 0.1) is 16.9 Å². The van der Waals surface area contributed by atoms with Gasteiger partial charge < -0.3 is 10.6 Å². The van der Waals surface area contributed by atoms with Crippen LogP contribution in [-0.2, 0) is 4.79 Å². The van der Waals surface area contributed by atoms with Gasteiger partial charge in [0.1, 0.15) is 0 Å². The van der Waals surface area contributed by atoms with E-state index in [1.165, 1.54) is 7.05 Å². The summed E-state index contributed by atoms with van der Waals surface area (Å²) in [6.45, 7) is 1.41. The second-order valence-corrected chi connectivity index (χ2v) is 4.98. The number of halogens is 2. The van der Waals surface area contributed by atoms with Crippen LogP contribution in [0.15, 0.2) is 0 Å². The maximum atomic E-state index is 12.2. The highest BCUT2D eigenvalue weighted by atomic mass is 32.1. The number of amides is 1. The Hall–Kier alpha value is -0.780. The number of thiocarbonyl (C=S) groups is 1. The topological polar surface area (TPSA) is 46.3 Å². The van der Waals surface area contributed by atoms with E-state index < -0.39 is 18.4 Å². The standard InChI is InChI=1S/C10H16F2N2OS/c1-6-3-10(4-6,8(13)16)9(15)14(2)5-7(11)12/h6-7H,3-5H2,1-2H3,(H2,13,16). The number of carbonyl (C=O) groups excluding carboxylic acids is 1. The molecular formula is C10H16F2N2OS. The van der Waals surface area contributed by atoms with Gasteiger partial charge >= 0.3 is 0 Å². The lowest BCUT2D eigenvalue weighted by molar-refractivity contribution is -0.144. The van der Waals surface area contributed by atoms with Crippen molar-refractivity contribution in [2.24, 2.45) is 17.1 Å². The molecule has 6 heteroatoms. The fourth-order valence-electron chi connectivity index (χ4n) is 2.27. The summed E-state index contributed by atoms with van der Waals surface area (Å²) in [5.74, 6) is -0.0104. The predicted molar refractivity (Wildman–Crippen MR) is 61.3 cm³/mol. The number of hydrogen-bond donors (Lipinski definition) is 1. The second-order valence-electron chi connectivity index (χ2n) is 4.54. The van der Waals surface area contributed by atoms with E-state index in [1.807, 2.05) is 6.92 Å². The molecular weight excluding hydrogens is 234 g/mol. The molecule has 0 bridgehead atoms. The Morgan fingerprint density at radius 3 is 2.44 bits per heavy atom. The molecule has 1 aliphatic rings. The SMILES string of the molecule is CC1CC(C(=O)N(C)CC(F)F)(C(N)=S)C1. The van der Waals surface area contributed by atoms with Gasteiger partial charge in [0.2, 0.25) is 5.91 Å². The van der Waals surface area contributed by atoms with Crippen LogP contribution in [-0.4, -0.2) is 35.8 Å². The van der Waals surface area contributed by atoms with Gasteiger partial charge in [-0.05, 0) is 18.8 Å². The van der Waals surface area contributed by atoms with Crippen molar-refractivity contribution >= 4 is 23.1 Å². The van der Waals surface area contributed by atoms with E-state index >= 15 is 0 Å². The molecule has 0 radical (unpaired) electrons. The number of carbonyl (C=O) groups is 1. The van der Waals surface area contributed by atoms with Gasteiger partial charge in [0.15, 0.2) is 0 Å². The molecule has 0 spiro atoms. The van der Waals surface area contributed by atoms with E-state index in [2.05, 4.69) is 0 Å². The largest absolute Gasteiger partial charge is 0.392 e. The molecule has 0 aliphatic heterocycles. The second kappa shape index (κ2) is 4.61. The monoisotopic (exact) mass is 250 g/mol. The summed E-state index contributed by atoms with van der Waals surface area (Å²) >= 11 is 4.89. The fourth-order valence-corrected chi connectivity index (χ4v) is 2.52. The zero-order chi connectivity index (χ0) is 12.5. The Kier molecular flexibility index (Phi) is 3.83. The van der Waals surface area contributed by atoms with Crippen LogP contribution in [0.4, 0.5) is 8.78 Å². The van der Waals surface area contributed by atoms with Gasteiger partial charge in [-0.15, -0.1) is 0 Å². The van der Waals surface area contributed by atoms with Gasteiger partial charge in [-0.3, -0.25) is 4.79 Å². The van der Waals surface area contributed by atoms with Gasteiger partial charge in [0.25, 0.3) is 6.43 Å². The van der Waals surface area contributed by atoms with Crippen molar-refractivity contribution in [3.05, 3.63) is 0 Å². The van der Waals surface area contributed by atoms with E-state index in [1.54, 1.807) is 0 Å². The maximum Gasteiger partial charge on any atom is 0.255 e. The van der Waals surface area contributed by atoms with Crippen LogP contribution in [0.25, 0.3) is 0 Å². The summed E-state index contributed by atoms with van der Waals surface area (Å²) in [6, 6.07) is 0. The number of nitrogens with two attached hydrogens (primary N) is 1. The maximum absolute atomic E-state index is 12.2. The molecule has 1 amide bonds. The van der Waals surface area contributed by atoms with E-state index in [-0.39, 0.29) is 10.9 Å². The molecule has 1 fully saturated rings. The lowest BCUT2D eigenvalue weighted by Crippen LogP contribution is -2.56. The van der Waals surface area contributed by atoms with Crippen molar-refractivity contribution in [2.75, 3.05) is 13.6 Å². The number of nitrogens with zero attached hydrogens (tertiary/aromatic N) is 1. The summed E-state index contributed by atoms with van der Waals surface area (Å²) in [5.41, 5.74) is 4.68. The summed E-state index contributed by atoms with van der Waals surface area (Å²) in [7, 11) is 1.36. The number of rotatable bonds is 4. The minimum absolute atomic E-state index is 0.122. The Balaban J connectivity index is 2.74. The molecule has 0 saturated heterocycles. The van der Waals surface area contributed by atoms with Gasteiger partial charge in [-0.2, -0.15) is 0 Å². The molecule has 92 valence electrons. The van der Waals surface area contributed by atoms with Crippen molar-refractivity contribution < 1.29 is 13.6 Å². The van der Waals surface area contributed by atoms with Crippen LogP contribution in [0.1, 0.15) is 19.8 Å². The van der Waals surface area contributed by atoms with E-state index in [0.717, 1.165) is 4.90 Å². The van der Waals surface area contributed by atoms with E-state index in [0.29, 0.717) is 18.8 Å². The molecule has 0 atom stereocenters. The quantitative estimate of drug-likeness (QED) is 0.767. The molecule has 0 heterocycles. The van der Waals surface area contributed by atoms with Crippen LogP contribution in [0.2, 0.25) is 0 Å². The first-order valence-corrected chi connectivity index (χ1v) is 5.54. The first-order valence-electron chi connectivity index (χ1n) is 5.13. The minimum Gasteiger partial charge on any atom is -0.392 e. The van der Waals surface area contributed by atoms with Crippen molar-refractivity contribution in [2.45, 2.75) is 26.2 Å². The molecule has 0 aromatic heterocycles. The van der Waals surface area contributed by atoms with Crippen molar-refractivity contribution in [1.29, 1.82) is 0 Å². The zero-order valence-corrected chi connectivity index (χ0v) is 10.2. The molecule has 16 heavy (non-hydrogen) atoms.